The van der Waals surface area contributed by atoms with Gasteiger partial charge in [-0.1, -0.05) is 0 Å². The maximum absolute atomic E-state index is 13.1. The van der Waals surface area contributed by atoms with Gasteiger partial charge in [-0.15, -0.1) is 0 Å². The standard InChI is InChI=1S/C20H16F5N5O/c1-11(16-17(29-6-5-28-16)15-10-26-3-4-27-15)30(2)19(31)13-7-12(18(21)22)8-14(9-13)20(23,24)25/h3-11,18H,1-2H3/t11-/m0/s1. The Labute approximate surface area is 173 Å². The van der Waals surface area contributed by atoms with Gasteiger partial charge in [-0.25, -0.2) is 8.78 Å². The minimum absolute atomic E-state index is 0.319. The molecule has 0 aliphatic carbocycles. The summed E-state index contributed by atoms with van der Waals surface area (Å²) in [5.74, 6) is -0.878. The van der Waals surface area contributed by atoms with Gasteiger partial charge in [0.1, 0.15) is 11.4 Å². The molecule has 0 aliphatic heterocycles. The monoisotopic (exact) mass is 437 g/mol. The zero-order valence-electron chi connectivity index (χ0n) is 16.3. The molecule has 11 heteroatoms. The van der Waals surface area contributed by atoms with Crippen LogP contribution in [0.15, 0.2) is 49.2 Å². The fraction of sp³-hybridized carbons (Fsp3) is 0.250. The predicted molar refractivity (Wildman–Crippen MR) is 100.0 cm³/mol. The third-order valence-corrected chi connectivity index (χ3v) is 4.61. The van der Waals surface area contributed by atoms with Crippen molar-refractivity contribution in [3.8, 4) is 11.4 Å². The highest BCUT2D eigenvalue weighted by atomic mass is 19.4. The van der Waals surface area contributed by atoms with Crippen LogP contribution in [0.3, 0.4) is 0 Å². The molecule has 2 heterocycles. The molecular formula is C20H16F5N5O. The Hall–Kier alpha value is -3.50. The first-order valence-corrected chi connectivity index (χ1v) is 8.94. The Bertz CT molecular complexity index is 1080. The predicted octanol–water partition coefficient (Wildman–Crippen LogP) is 4.72. The van der Waals surface area contributed by atoms with Gasteiger partial charge in [-0.05, 0) is 25.1 Å². The van der Waals surface area contributed by atoms with E-state index < -0.39 is 41.2 Å². The lowest BCUT2D eigenvalue weighted by Gasteiger charge is -2.26. The van der Waals surface area contributed by atoms with Gasteiger partial charge in [-0.3, -0.25) is 24.7 Å². The summed E-state index contributed by atoms with van der Waals surface area (Å²) in [7, 11) is 1.34. The van der Waals surface area contributed by atoms with E-state index in [2.05, 4.69) is 19.9 Å². The second-order valence-electron chi connectivity index (χ2n) is 6.62. The Morgan fingerprint density at radius 1 is 1.00 bits per heavy atom. The highest BCUT2D eigenvalue weighted by Gasteiger charge is 2.33. The molecule has 31 heavy (non-hydrogen) atoms. The smallest absolute Gasteiger partial charge is 0.333 e. The zero-order valence-corrected chi connectivity index (χ0v) is 16.3. The van der Waals surface area contributed by atoms with Crippen LogP contribution in [0.4, 0.5) is 22.0 Å². The van der Waals surface area contributed by atoms with Crippen molar-refractivity contribution in [1.29, 1.82) is 0 Å². The van der Waals surface area contributed by atoms with E-state index in [0.717, 1.165) is 11.0 Å². The summed E-state index contributed by atoms with van der Waals surface area (Å²) < 4.78 is 65.7. The summed E-state index contributed by atoms with van der Waals surface area (Å²) >= 11 is 0. The van der Waals surface area contributed by atoms with E-state index in [4.69, 9.17) is 0 Å². The number of halogens is 5. The third kappa shape index (κ3) is 4.81. The Balaban J connectivity index is 1.99. The minimum Gasteiger partial charge on any atom is -0.333 e. The number of rotatable bonds is 5. The largest absolute Gasteiger partial charge is 0.416 e. The molecule has 1 amide bonds. The van der Waals surface area contributed by atoms with Crippen LogP contribution in [0.2, 0.25) is 0 Å². The van der Waals surface area contributed by atoms with E-state index in [0.29, 0.717) is 29.2 Å². The molecule has 0 unspecified atom stereocenters. The summed E-state index contributed by atoms with van der Waals surface area (Å²) in [6, 6.07) is 0.881. The lowest BCUT2D eigenvalue weighted by Crippen LogP contribution is -2.31. The second-order valence-corrected chi connectivity index (χ2v) is 6.62. The quantitative estimate of drug-likeness (QED) is 0.540. The van der Waals surface area contributed by atoms with E-state index >= 15 is 0 Å². The highest BCUT2D eigenvalue weighted by Crippen LogP contribution is 2.34. The van der Waals surface area contributed by atoms with Crippen molar-refractivity contribution in [3.63, 3.8) is 0 Å². The van der Waals surface area contributed by atoms with Crippen LogP contribution < -0.4 is 0 Å². The number of hydrogen-bond acceptors (Lipinski definition) is 5. The molecular weight excluding hydrogens is 421 g/mol. The number of nitrogens with zero attached hydrogens (tertiary/aromatic N) is 5. The summed E-state index contributed by atoms with van der Waals surface area (Å²) in [5.41, 5.74) is -1.69. The van der Waals surface area contributed by atoms with Crippen LogP contribution in [0.25, 0.3) is 11.4 Å². The van der Waals surface area contributed by atoms with Crippen LogP contribution in [-0.2, 0) is 6.18 Å². The van der Waals surface area contributed by atoms with Crippen LogP contribution in [0, 0.1) is 0 Å². The van der Waals surface area contributed by atoms with Gasteiger partial charge in [0.15, 0.2) is 0 Å². The Kier molecular flexibility index (Phi) is 6.23. The first-order valence-electron chi connectivity index (χ1n) is 8.94. The lowest BCUT2D eigenvalue weighted by molar-refractivity contribution is -0.137. The van der Waals surface area contributed by atoms with Gasteiger partial charge in [0, 0.05) is 43.0 Å². The van der Waals surface area contributed by atoms with E-state index in [1.165, 1.54) is 38.0 Å². The van der Waals surface area contributed by atoms with Gasteiger partial charge >= 0.3 is 6.18 Å². The van der Waals surface area contributed by atoms with Gasteiger partial charge in [-0.2, -0.15) is 13.2 Å². The van der Waals surface area contributed by atoms with Gasteiger partial charge in [0.2, 0.25) is 0 Å². The van der Waals surface area contributed by atoms with Crippen LogP contribution >= 0.6 is 0 Å². The van der Waals surface area contributed by atoms with Crippen LogP contribution in [0.5, 0.6) is 0 Å². The Morgan fingerprint density at radius 3 is 2.29 bits per heavy atom. The van der Waals surface area contributed by atoms with Crippen LogP contribution in [-0.4, -0.2) is 37.8 Å². The number of hydrogen-bond donors (Lipinski definition) is 0. The van der Waals surface area contributed by atoms with E-state index in [9.17, 15) is 26.7 Å². The normalized spacial score (nSPS) is 12.6. The van der Waals surface area contributed by atoms with Crippen molar-refractivity contribution in [2.75, 3.05) is 7.05 Å². The molecule has 0 radical (unpaired) electrons. The van der Waals surface area contributed by atoms with Crippen LogP contribution in [0.1, 0.15) is 46.6 Å². The average Bonchev–Trinajstić information content (AvgIpc) is 2.77. The van der Waals surface area contributed by atoms with Gasteiger partial charge in [0.05, 0.1) is 23.5 Å². The third-order valence-electron chi connectivity index (χ3n) is 4.61. The van der Waals surface area contributed by atoms with Crippen molar-refractivity contribution in [2.24, 2.45) is 0 Å². The fourth-order valence-corrected chi connectivity index (χ4v) is 2.90. The fourth-order valence-electron chi connectivity index (χ4n) is 2.90. The molecule has 0 N–H and O–H groups in total. The number of amides is 1. The molecule has 6 nitrogen and oxygen atoms in total. The molecule has 0 bridgehead atoms. The first kappa shape index (κ1) is 22.2. The summed E-state index contributed by atoms with van der Waals surface area (Å²) in [5, 5.41) is 0. The Morgan fingerprint density at radius 2 is 1.68 bits per heavy atom. The average molecular weight is 437 g/mol. The minimum atomic E-state index is -4.88. The molecule has 0 aliphatic rings. The molecule has 0 saturated heterocycles. The zero-order chi connectivity index (χ0) is 22.8. The number of benzene rings is 1. The number of aromatic nitrogens is 4. The number of carbonyl (C=O) groups excluding carboxylic acids is 1. The van der Waals surface area contributed by atoms with Crippen molar-refractivity contribution in [1.82, 2.24) is 24.8 Å². The molecule has 3 aromatic rings. The van der Waals surface area contributed by atoms with Crippen molar-refractivity contribution >= 4 is 5.91 Å². The van der Waals surface area contributed by atoms with E-state index in [1.54, 1.807) is 6.92 Å². The summed E-state index contributed by atoms with van der Waals surface area (Å²) in [6.45, 7) is 1.59. The van der Waals surface area contributed by atoms with Gasteiger partial charge < -0.3 is 4.90 Å². The molecule has 0 spiro atoms. The molecule has 3 rings (SSSR count). The second kappa shape index (κ2) is 8.70. The van der Waals surface area contributed by atoms with Crippen molar-refractivity contribution in [2.45, 2.75) is 25.6 Å². The summed E-state index contributed by atoms with van der Waals surface area (Å²) in [4.78, 5) is 30.6. The van der Waals surface area contributed by atoms with Crippen molar-refractivity contribution in [3.05, 3.63) is 71.6 Å². The van der Waals surface area contributed by atoms with E-state index in [-0.39, 0.29) is 0 Å². The number of alkyl halides is 5. The molecule has 1 aromatic carbocycles. The summed E-state index contributed by atoms with van der Waals surface area (Å²) in [6.07, 6.45) is -0.876. The van der Waals surface area contributed by atoms with E-state index in [1.807, 2.05) is 0 Å². The molecule has 162 valence electrons. The molecule has 2 aromatic heterocycles. The molecule has 1 atom stereocenters. The maximum atomic E-state index is 13.1. The van der Waals surface area contributed by atoms with Crippen molar-refractivity contribution < 1.29 is 26.7 Å². The highest BCUT2D eigenvalue weighted by molar-refractivity contribution is 5.94. The molecule has 0 fully saturated rings. The topological polar surface area (TPSA) is 71.9 Å². The first-order chi connectivity index (χ1) is 14.6. The maximum Gasteiger partial charge on any atom is 0.416 e. The molecule has 0 saturated carbocycles. The lowest BCUT2D eigenvalue weighted by atomic mass is 10.0. The van der Waals surface area contributed by atoms with Gasteiger partial charge in [0.25, 0.3) is 12.3 Å². The SMILES string of the molecule is C[C@@H](c1nccnc1-c1cnccn1)N(C)C(=O)c1cc(C(F)F)cc(C(F)(F)F)c1. The number of carbonyl (C=O) groups is 1.